The Hall–Kier alpha value is -0.830. The van der Waals surface area contributed by atoms with E-state index in [4.69, 9.17) is 11.6 Å². The van der Waals surface area contributed by atoms with E-state index in [1.165, 1.54) is 16.7 Å². The van der Waals surface area contributed by atoms with Gasteiger partial charge in [0.1, 0.15) is 0 Å². The normalized spacial score (nSPS) is 12.5. The van der Waals surface area contributed by atoms with Crippen molar-refractivity contribution >= 4 is 27.5 Å². The molecule has 0 radical (unpaired) electrons. The summed E-state index contributed by atoms with van der Waals surface area (Å²) < 4.78 is 1.000. The summed E-state index contributed by atoms with van der Waals surface area (Å²) in [5, 5.41) is 4.11. The molecule has 1 N–H and O–H groups in total. The number of halogens is 2. The molecular formula is C16H17BrClN. The number of benzene rings is 2. The van der Waals surface area contributed by atoms with Crippen LogP contribution in [0.25, 0.3) is 0 Å². The number of rotatable bonds is 3. The van der Waals surface area contributed by atoms with E-state index >= 15 is 0 Å². The van der Waals surface area contributed by atoms with Crippen LogP contribution in [0.2, 0.25) is 5.02 Å². The molecule has 2 aromatic rings. The van der Waals surface area contributed by atoms with Crippen molar-refractivity contribution < 1.29 is 0 Å². The van der Waals surface area contributed by atoms with Gasteiger partial charge in [-0.1, -0.05) is 56.9 Å². The van der Waals surface area contributed by atoms with Crippen LogP contribution < -0.4 is 5.32 Å². The molecule has 0 amide bonds. The van der Waals surface area contributed by atoms with E-state index < -0.39 is 0 Å². The van der Waals surface area contributed by atoms with Crippen LogP contribution >= 0.6 is 27.5 Å². The van der Waals surface area contributed by atoms with Crippen molar-refractivity contribution in [1.29, 1.82) is 0 Å². The highest BCUT2D eigenvalue weighted by Crippen LogP contribution is 2.28. The molecule has 0 aliphatic heterocycles. The highest BCUT2D eigenvalue weighted by Gasteiger charge is 2.13. The van der Waals surface area contributed by atoms with Crippen molar-refractivity contribution in [1.82, 2.24) is 5.32 Å². The Kier molecular flexibility index (Phi) is 4.67. The van der Waals surface area contributed by atoms with Crippen LogP contribution in [0.15, 0.2) is 40.9 Å². The third-order valence-electron chi connectivity index (χ3n) is 3.08. The fourth-order valence-corrected chi connectivity index (χ4v) is 3.33. The van der Waals surface area contributed by atoms with Crippen molar-refractivity contribution in [2.75, 3.05) is 7.05 Å². The summed E-state index contributed by atoms with van der Waals surface area (Å²) in [6.07, 6.45) is 0. The molecule has 0 saturated carbocycles. The van der Waals surface area contributed by atoms with Crippen LogP contribution in [-0.4, -0.2) is 7.05 Å². The molecule has 0 bridgehead atoms. The van der Waals surface area contributed by atoms with Crippen LogP contribution in [0, 0.1) is 13.8 Å². The van der Waals surface area contributed by atoms with Crippen molar-refractivity contribution in [3.8, 4) is 0 Å². The van der Waals surface area contributed by atoms with Crippen LogP contribution in [0.5, 0.6) is 0 Å². The van der Waals surface area contributed by atoms with E-state index in [1.807, 2.05) is 19.2 Å². The van der Waals surface area contributed by atoms with Gasteiger partial charge in [-0.25, -0.2) is 0 Å². The molecule has 0 saturated heterocycles. The highest BCUT2D eigenvalue weighted by molar-refractivity contribution is 9.10. The van der Waals surface area contributed by atoms with Crippen molar-refractivity contribution in [2.24, 2.45) is 0 Å². The Morgan fingerprint density at radius 3 is 2.05 bits per heavy atom. The van der Waals surface area contributed by atoms with Gasteiger partial charge in [-0.2, -0.15) is 0 Å². The summed E-state index contributed by atoms with van der Waals surface area (Å²) in [7, 11) is 1.97. The summed E-state index contributed by atoms with van der Waals surface area (Å²) in [6, 6.07) is 12.8. The van der Waals surface area contributed by atoms with Gasteiger partial charge in [-0.3, -0.25) is 0 Å². The second-order valence-electron chi connectivity index (χ2n) is 4.85. The van der Waals surface area contributed by atoms with E-state index in [9.17, 15) is 0 Å². The van der Waals surface area contributed by atoms with Gasteiger partial charge in [0, 0.05) is 9.50 Å². The summed E-state index contributed by atoms with van der Waals surface area (Å²) >= 11 is 9.64. The first-order valence-electron chi connectivity index (χ1n) is 6.21. The monoisotopic (exact) mass is 337 g/mol. The average molecular weight is 339 g/mol. The predicted molar refractivity (Wildman–Crippen MR) is 86.0 cm³/mol. The summed E-state index contributed by atoms with van der Waals surface area (Å²) in [6.45, 7) is 4.24. The van der Waals surface area contributed by atoms with E-state index in [2.05, 4.69) is 59.4 Å². The molecule has 19 heavy (non-hydrogen) atoms. The van der Waals surface area contributed by atoms with Gasteiger partial charge < -0.3 is 5.32 Å². The maximum Gasteiger partial charge on any atom is 0.0575 e. The molecule has 0 fully saturated rings. The third kappa shape index (κ3) is 3.59. The molecule has 1 nitrogen and oxygen atoms in total. The van der Waals surface area contributed by atoms with E-state index in [0.717, 1.165) is 15.1 Å². The lowest BCUT2D eigenvalue weighted by atomic mass is 9.96. The fourth-order valence-electron chi connectivity index (χ4n) is 2.44. The first-order chi connectivity index (χ1) is 8.99. The van der Waals surface area contributed by atoms with E-state index in [0.29, 0.717) is 0 Å². The minimum atomic E-state index is 0.147. The van der Waals surface area contributed by atoms with Crippen molar-refractivity contribution in [3.05, 3.63) is 68.1 Å². The molecular weight excluding hydrogens is 322 g/mol. The Bertz CT molecular complexity index is 503. The first-order valence-corrected chi connectivity index (χ1v) is 7.38. The van der Waals surface area contributed by atoms with Crippen LogP contribution in [0.1, 0.15) is 28.3 Å². The van der Waals surface area contributed by atoms with Crippen LogP contribution in [-0.2, 0) is 0 Å². The Balaban J connectivity index is 2.49. The quantitative estimate of drug-likeness (QED) is 0.828. The fraction of sp³-hybridized carbons (Fsp3) is 0.250. The summed E-state index contributed by atoms with van der Waals surface area (Å²) in [5.41, 5.74) is 4.97. The molecule has 0 heterocycles. The topological polar surface area (TPSA) is 12.0 Å². The maximum absolute atomic E-state index is 6.14. The Morgan fingerprint density at radius 1 is 0.947 bits per heavy atom. The zero-order valence-corrected chi connectivity index (χ0v) is 13.6. The smallest absolute Gasteiger partial charge is 0.0575 e. The first kappa shape index (κ1) is 14.6. The molecule has 100 valence electrons. The largest absolute Gasteiger partial charge is 0.309 e. The van der Waals surface area contributed by atoms with Gasteiger partial charge in [0.15, 0.2) is 0 Å². The molecule has 2 rings (SSSR count). The van der Waals surface area contributed by atoms with Crippen LogP contribution in [0.3, 0.4) is 0 Å². The molecule has 0 aliphatic rings. The Labute approximate surface area is 128 Å². The SMILES string of the molecule is CNC(c1cc(C)cc(C)c1)c1cc(Cl)cc(Br)c1. The number of nitrogens with one attached hydrogen (secondary N) is 1. The van der Waals surface area contributed by atoms with Gasteiger partial charge in [0.05, 0.1) is 6.04 Å². The number of aryl methyl sites for hydroxylation is 2. The maximum atomic E-state index is 6.14. The van der Waals surface area contributed by atoms with Crippen molar-refractivity contribution in [3.63, 3.8) is 0 Å². The second-order valence-corrected chi connectivity index (χ2v) is 6.20. The molecule has 2 aromatic carbocycles. The van der Waals surface area contributed by atoms with E-state index in [1.54, 1.807) is 0 Å². The molecule has 0 spiro atoms. The molecule has 0 aliphatic carbocycles. The van der Waals surface area contributed by atoms with Crippen molar-refractivity contribution in [2.45, 2.75) is 19.9 Å². The van der Waals surface area contributed by atoms with Gasteiger partial charge in [0.2, 0.25) is 0 Å². The lowest BCUT2D eigenvalue weighted by Gasteiger charge is -2.19. The standard InChI is InChI=1S/C16H17BrClN/c1-10-4-11(2)6-12(5-10)16(19-3)13-7-14(17)9-15(18)8-13/h4-9,16,19H,1-3H3. The third-order valence-corrected chi connectivity index (χ3v) is 3.76. The summed E-state index contributed by atoms with van der Waals surface area (Å²) in [5.74, 6) is 0. The van der Waals surface area contributed by atoms with Gasteiger partial charge in [-0.15, -0.1) is 0 Å². The predicted octanol–water partition coefficient (Wildman–Crippen LogP) is 5.03. The number of hydrogen-bond acceptors (Lipinski definition) is 1. The number of hydrogen-bond donors (Lipinski definition) is 1. The van der Waals surface area contributed by atoms with E-state index in [-0.39, 0.29) is 6.04 Å². The van der Waals surface area contributed by atoms with Gasteiger partial charge in [0.25, 0.3) is 0 Å². The molecule has 1 unspecified atom stereocenters. The Morgan fingerprint density at radius 2 is 1.53 bits per heavy atom. The van der Waals surface area contributed by atoms with Gasteiger partial charge in [-0.05, 0) is 50.2 Å². The second kappa shape index (κ2) is 6.08. The lowest BCUT2D eigenvalue weighted by Crippen LogP contribution is -2.18. The molecule has 3 heteroatoms. The highest BCUT2D eigenvalue weighted by atomic mass is 79.9. The zero-order valence-electron chi connectivity index (χ0n) is 11.3. The lowest BCUT2D eigenvalue weighted by molar-refractivity contribution is 0.690. The zero-order chi connectivity index (χ0) is 14.0. The molecule has 1 atom stereocenters. The van der Waals surface area contributed by atoms with Gasteiger partial charge >= 0.3 is 0 Å². The minimum Gasteiger partial charge on any atom is -0.309 e. The minimum absolute atomic E-state index is 0.147. The molecule has 0 aromatic heterocycles. The summed E-state index contributed by atoms with van der Waals surface area (Å²) in [4.78, 5) is 0. The van der Waals surface area contributed by atoms with Crippen LogP contribution in [0.4, 0.5) is 0 Å². The average Bonchev–Trinajstić information content (AvgIpc) is 2.27.